The molecule has 0 aromatic heterocycles. The third-order valence-corrected chi connectivity index (χ3v) is 1.63. The molecule has 0 saturated carbocycles. The van der Waals surface area contributed by atoms with Crippen molar-refractivity contribution in [2.75, 3.05) is 39.5 Å². The highest BCUT2D eigenvalue weighted by atomic mass is 35.5. The average Bonchev–Trinajstić information content (AvgIpc) is 2.03. The normalized spacial score (nSPS) is 19.4. The summed E-state index contributed by atoms with van der Waals surface area (Å²) in [5.74, 6) is 4.89. The van der Waals surface area contributed by atoms with Gasteiger partial charge in [-0.15, -0.1) is 12.4 Å². The molecule has 11 heavy (non-hydrogen) atoms. The lowest BCUT2D eigenvalue weighted by atomic mass is 10.4. The van der Waals surface area contributed by atoms with Crippen molar-refractivity contribution < 1.29 is 9.57 Å². The minimum absolute atomic E-state index is 0. The van der Waals surface area contributed by atoms with Gasteiger partial charge in [0.1, 0.15) is 0 Å². The van der Waals surface area contributed by atoms with Gasteiger partial charge >= 0.3 is 0 Å². The van der Waals surface area contributed by atoms with Crippen LogP contribution in [-0.2, 0) is 9.57 Å². The fourth-order valence-electron chi connectivity index (χ4n) is 1.01. The number of morpholine rings is 1. The first-order valence-electron chi connectivity index (χ1n) is 3.55. The second kappa shape index (κ2) is 6.82. The number of ether oxygens (including phenoxy) is 1. The van der Waals surface area contributed by atoms with Gasteiger partial charge in [-0.1, -0.05) is 0 Å². The maximum Gasteiger partial charge on any atom is 0.0806 e. The van der Waals surface area contributed by atoms with Crippen LogP contribution in [0.3, 0.4) is 0 Å². The lowest BCUT2D eigenvalue weighted by Gasteiger charge is -2.25. The minimum atomic E-state index is 0. The highest BCUT2D eigenvalue weighted by Crippen LogP contribution is 1.94. The van der Waals surface area contributed by atoms with Crippen LogP contribution >= 0.6 is 12.4 Å². The Labute approximate surface area is 73.0 Å². The molecule has 0 amide bonds. The van der Waals surface area contributed by atoms with E-state index in [1.54, 1.807) is 0 Å². The number of halogens is 1. The zero-order valence-electron chi connectivity index (χ0n) is 6.49. The summed E-state index contributed by atoms with van der Waals surface area (Å²) in [6.45, 7) is 5.21. The summed E-state index contributed by atoms with van der Waals surface area (Å²) in [5.41, 5.74) is 0. The van der Waals surface area contributed by atoms with Crippen molar-refractivity contribution in [2.45, 2.75) is 0 Å². The maximum absolute atomic E-state index is 5.17. The first-order valence-corrected chi connectivity index (χ1v) is 3.55. The van der Waals surface area contributed by atoms with Gasteiger partial charge in [-0.3, -0.25) is 4.90 Å². The maximum atomic E-state index is 5.17. The number of hydrogen-bond acceptors (Lipinski definition) is 4. The van der Waals surface area contributed by atoms with Gasteiger partial charge in [0.2, 0.25) is 0 Å². The molecule has 4 nitrogen and oxygen atoms in total. The first-order chi connectivity index (χ1) is 4.93. The highest BCUT2D eigenvalue weighted by Gasteiger charge is 2.08. The van der Waals surface area contributed by atoms with Crippen LogP contribution in [0.2, 0.25) is 0 Å². The van der Waals surface area contributed by atoms with E-state index in [1.165, 1.54) is 0 Å². The molecule has 1 heterocycles. The summed E-state index contributed by atoms with van der Waals surface area (Å²) in [6.07, 6.45) is 0. The van der Waals surface area contributed by atoms with Crippen molar-refractivity contribution >= 4 is 12.4 Å². The van der Waals surface area contributed by atoms with E-state index in [0.29, 0.717) is 6.61 Å². The van der Waals surface area contributed by atoms with E-state index in [0.717, 1.165) is 32.8 Å². The van der Waals surface area contributed by atoms with Crippen molar-refractivity contribution in [1.29, 1.82) is 0 Å². The molecule has 0 radical (unpaired) electrons. The lowest BCUT2D eigenvalue weighted by Crippen LogP contribution is -2.38. The highest BCUT2D eigenvalue weighted by molar-refractivity contribution is 5.85. The van der Waals surface area contributed by atoms with Crippen LogP contribution in [0.25, 0.3) is 0 Å². The third kappa shape index (κ3) is 4.55. The van der Waals surface area contributed by atoms with Gasteiger partial charge in [-0.25, -0.2) is 5.90 Å². The molecule has 2 N–H and O–H groups in total. The Balaban J connectivity index is 0.000001000. The molecular formula is C6H15ClN2O2. The first kappa shape index (κ1) is 11.1. The molecule has 0 aromatic rings. The van der Waals surface area contributed by atoms with Gasteiger partial charge in [0, 0.05) is 19.6 Å². The molecule has 0 spiro atoms. The van der Waals surface area contributed by atoms with E-state index in [4.69, 9.17) is 10.6 Å². The molecule has 0 atom stereocenters. The minimum Gasteiger partial charge on any atom is -0.379 e. The van der Waals surface area contributed by atoms with Crippen LogP contribution in [0.15, 0.2) is 0 Å². The fourth-order valence-corrected chi connectivity index (χ4v) is 1.01. The van der Waals surface area contributed by atoms with Crippen LogP contribution in [0.1, 0.15) is 0 Å². The summed E-state index contributed by atoms with van der Waals surface area (Å²) < 4.78 is 5.17. The SMILES string of the molecule is Cl.NOCCN1CCOCC1. The smallest absolute Gasteiger partial charge is 0.0806 e. The summed E-state index contributed by atoms with van der Waals surface area (Å²) in [7, 11) is 0. The van der Waals surface area contributed by atoms with Gasteiger partial charge in [-0.05, 0) is 0 Å². The summed E-state index contributed by atoms with van der Waals surface area (Å²) >= 11 is 0. The second-order valence-electron chi connectivity index (χ2n) is 2.32. The Hall–Kier alpha value is 0.130. The molecule has 0 bridgehead atoms. The monoisotopic (exact) mass is 182 g/mol. The molecule has 1 saturated heterocycles. The largest absolute Gasteiger partial charge is 0.379 e. The van der Waals surface area contributed by atoms with Gasteiger partial charge in [0.05, 0.1) is 19.8 Å². The summed E-state index contributed by atoms with van der Waals surface area (Å²) in [5, 5.41) is 0. The molecule has 68 valence electrons. The fraction of sp³-hybridized carbons (Fsp3) is 1.00. The van der Waals surface area contributed by atoms with Crippen LogP contribution in [0.5, 0.6) is 0 Å². The molecule has 1 aliphatic rings. The predicted octanol–water partition coefficient (Wildman–Crippen LogP) is -0.369. The Morgan fingerprint density at radius 1 is 1.36 bits per heavy atom. The lowest BCUT2D eigenvalue weighted by molar-refractivity contribution is 0.0203. The zero-order chi connectivity index (χ0) is 7.23. The van der Waals surface area contributed by atoms with Gasteiger partial charge in [-0.2, -0.15) is 0 Å². The summed E-state index contributed by atoms with van der Waals surface area (Å²) in [4.78, 5) is 6.74. The molecule has 0 aromatic carbocycles. The predicted molar refractivity (Wildman–Crippen MR) is 44.6 cm³/mol. The second-order valence-corrected chi connectivity index (χ2v) is 2.32. The van der Waals surface area contributed by atoms with Gasteiger partial charge < -0.3 is 9.57 Å². The average molecular weight is 183 g/mol. The molecule has 5 heteroatoms. The Morgan fingerprint density at radius 2 is 2.00 bits per heavy atom. The summed E-state index contributed by atoms with van der Waals surface area (Å²) in [6, 6.07) is 0. The van der Waals surface area contributed by atoms with Crippen molar-refractivity contribution in [3.8, 4) is 0 Å². The molecule has 0 unspecified atom stereocenters. The van der Waals surface area contributed by atoms with E-state index in [-0.39, 0.29) is 12.4 Å². The van der Waals surface area contributed by atoms with Gasteiger partial charge in [0.25, 0.3) is 0 Å². The van der Waals surface area contributed by atoms with Crippen LogP contribution in [0, 0.1) is 0 Å². The van der Waals surface area contributed by atoms with Crippen molar-refractivity contribution in [3.05, 3.63) is 0 Å². The number of rotatable bonds is 3. The molecule has 1 rings (SSSR count). The van der Waals surface area contributed by atoms with E-state index < -0.39 is 0 Å². The van der Waals surface area contributed by atoms with Gasteiger partial charge in [0.15, 0.2) is 0 Å². The van der Waals surface area contributed by atoms with Crippen molar-refractivity contribution in [2.24, 2.45) is 5.90 Å². The van der Waals surface area contributed by atoms with E-state index in [1.807, 2.05) is 0 Å². The molecule has 1 aliphatic heterocycles. The standard InChI is InChI=1S/C6H14N2O2.ClH/c7-10-6-3-8-1-4-9-5-2-8;/h1-7H2;1H. The number of hydrogen-bond donors (Lipinski definition) is 1. The van der Waals surface area contributed by atoms with Crippen LogP contribution in [0.4, 0.5) is 0 Å². The molecule has 0 aliphatic carbocycles. The van der Waals surface area contributed by atoms with E-state index in [9.17, 15) is 0 Å². The quantitative estimate of drug-likeness (QED) is 0.606. The van der Waals surface area contributed by atoms with Crippen molar-refractivity contribution in [1.82, 2.24) is 4.90 Å². The van der Waals surface area contributed by atoms with E-state index >= 15 is 0 Å². The van der Waals surface area contributed by atoms with Crippen molar-refractivity contribution in [3.63, 3.8) is 0 Å². The van der Waals surface area contributed by atoms with Crippen LogP contribution in [-0.4, -0.2) is 44.4 Å². The number of nitrogens with zero attached hydrogens (tertiary/aromatic N) is 1. The van der Waals surface area contributed by atoms with Crippen LogP contribution < -0.4 is 5.90 Å². The number of nitrogens with two attached hydrogens (primary N) is 1. The van der Waals surface area contributed by atoms with E-state index in [2.05, 4.69) is 9.74 Å². The topological polar surface area (TPSA) is 47.7 Å². The molecular weight excluding hydrogens is 168 g/mol. The Kier molecular flexibility index (Phi) is 6.90. The Bertz CT molecular complexity index is 88.7. The third-order valence-electron chi connectivity index (χ3n) is 1.63. The Morgan fingerprint density at radius 3 is 2.55 bits per heavy atom. The zero-order valence-corrected chi connectivity index (χ0v) is 7.31. The molecule has 1 fully saturated rings.